The molecule has 0 atom stereocenters. The zero-order chi connectivity index (χ0) is 11.8. The molecule has 0 bridgehead atoms. The first kappa shape index (κ1) is 11.8. The standard InChI is InChI=1S/C13H16OS2/c1-13(2,3)15-8-11-7-9-6-10(14)4-5-12(9)16-11/h4-7,14H,8H2,1-3H3. The Morgan fingerprint density at radius 3 is 2.69 bits per heavy atom. The van der Waals surface area contributed by atoms with Crippen LogP contribution in [0, 0.1) is 0 Å². The summed E-state index contributed by atoms with van der Waals surface area (Å²) in [4.78, 5) is 1.38. The first-order chi connectivity index (χ1) is 7.44. The second-order valence-corrected chi connectivity index (χ2v) is 7.81. The molecule has 1 heterocycles. The fourth-order valence-corrected chi connectivity index (χ4v) is 3.36. The van der Waals surface area contributed by atoms with Gasteiger partial charge in [-0.25, -0.2) is 0 Å². The lowest BCUT2D eigenvalue weighted by Gasteiger charge is -2.16. The molecule has 2 rings (SSSR count). The molecule has 16 heavy (non-hydrogen) atoms. The number of rotatable bonds is 2. The summed E-state index contributed by atoms with van der Waals surface area (Å²) in [6, 6.07) is 7.75. The number of fused-ring (bicyclic) bond motifs is 1. The van der Waals surface area contributed by atoms with E-state index in [1.54, 1.807) is 6.07 Å². The van der Waals surface area contributed by atoms with E-state index >= 15 is 0 Å². The molecule has 0 spiro atoms. The fourth-order valence-electron chi connectivity index (χ4n) is 1.44. The Morgan fingerprint density at radius 1 is 1.25 bits per heavy atom. The van der Waals surface area contributed by atoms with Gasteiger partial charge in [-0.2, -0.15) is 11.8 Å². The highest BCUT2D eigenvalue weighted by Gasteiger charge is 2.11. The molecule has 0 saturated carbocycles. The van der Waals surface area contributed by atoms with Gasteiger partial charge in [0.2, 0.25) is 0 Å². The number of hydrogen-bond donors (Lipinski definition) is 1. The highest BCUT2D eigenvalue weighted by atomic mass is 32.2. The maximum atomic E-state index is 9.40. The lowest BCUT2D eigenvalue weighted by molar-refractivity contribution is 0.476. The lowest BCUT2D eigenvalue weighted by atomic mass is 10.2. The van der Waals surface area contributed by atoms with E-state index in [0.29, 0.717) is 10.5 Å². The predicted molar refractivity (Wildman–Crippen MR) is 74.5 cm³/mol. The van der Waals surface area contributed by atoms with Crippen molar-refractivity contribution in [3.8, 4) is 5.75 Å². The Morgan fingerprint density at radius 2 is 2.00 bits per heavy atom. The number of phenols is 1. The SMILES string of the molecule is CC(C)(C)SCc1cc2cc(O)ccc2s1. The van der Waals surface area contributed by atoms with Crippen molar-refractivity contribution in [1.82, 2.24) is 0 Å². The number of hydrogen-bond acceptors (Lipinski definition) is 3. The minimum atomic E-state index is 0.304. The van der Waals surface area contributed by atoms with Crippen LogP contribution in [-0.2, 0) is 5.75 Å². The molecular weight excluding hydrogens is 236 g/mol. The van der Waals surface area contributed by atoms with Crippen molar-refractivity contribution < 1.29 is 5.11 Å². The molecule has 1 nitrogen and oxygen atoms in total. The first-order valence-corrected chi connectivity index (χ1v) is 7.10. The molecule has 1 aromatic heterocycles. The summed E-state index contributed by atoms with van der Waals surface area (Å²) in [5.41, 5.74) is 0. The average molecular weight is 252 g/mol. The zero-order valence-electron chi connectivity index (χ0n) is 9.78. The second-order valence-electron chi connectivity index (χ2n) is 4.84. The summed E-state index contributed by atoms with van der Waals surface area (Å²) in [5, 5.41) is 10.5. The van der Waals surface area contributed by atoms with Crippen LogP contribution < -0.4 is 0 Å². The van der Waals surface area contributed by atoms with Crippen molar-refractivity contribution in [2.75, 3.05) is 0 Å². The van der Waals surface area contributed by atoms with Gasteiger partial charge in [-0.1, -0.05) is 20.8 Å². The Labute approximate surface area is 104 Å². The third-order valence-corrected chi connectivity index (χ3v) is 4.82. The van der Waals surface area contributed by atoms with Crippen LogP contribution in [-0.4, -0.2) is 9.85 Å². The van der Waals surface area contributed by atoms with Gasteiger partial charge in [0.1, 0.15) is 5.75 Å². The topological polar surface area (TPSA) is 20.2 Å². The van der Waals surface area contributed by atoms with Crippen LogP contribution in [0.4, 0.5) is 0 Å². The smallest absolute Gasteiger partial charge is 0.116 e. The summed E-state index contributed by atoms with van der Waals surface area (Å²) in [5.74, 6) is 1.39. The Hall–Kier alpha value is -0.670. The molecule has 0 amide bonds. The summed E-state index contributed by atoms with van der Waals surface area (Å²) in [7, 11) is 0. The molecule has 1 N–H and O–H groups in total. The van der Waals surface area contributed by atoms with Crippen LogP contribution in [0.15, 0.2) is 24.3 Å². The van der Waals surface area contributed by atoms with E-state index in [-0.39, 0.29) is 0 Å². The summed E-state index contributed by atoms with van der Waals surface area (Å²) < 4.78 is 1.56. The largest absolute Gasteiger partial charge is 0.508 e. The second kappa shape index (κ2) is 4.30. The van der Waals surface area contributed by atoms with Crippen molar-refractivity contribution in [3.63, 3.8) is 0 Å². The molecule has 0 aliphatic heterocycles. The molecule has 0 aliphatic rings. The summed E-state index contributed by atoms with van der Waals surface area (Å²) >= 11 is 3.77. The van der Waals surface area contributed by atoms with Crippen molar-refractivity contribution in [2.45, 2.75) is 31.3 Å². The first-order valence-electron chi connectivity index (χ1n) is 5.29. The molecule has 0 radical (unpaired) electrons. The Kier molecular flexibility index (Phi) is 3.17. The normalized spacial score (nSPS) is 12.2. The molecule has 86 valence electrons. The van der Waals surface area contributed by atoms with E-state index in [1.807, 2.05) is 35.2 Å². The number of benzene rings is 1. The third kappa shape index (κ3) is 2.92. The predicted octanol–water partition coefficient (Wildman–Crippen LogP) is 4.64. The Bertz CT molecular complexity index is 494. The molecular formula is C13H16OS2. The lowest BCUT2D eigenvalue weighted by Crippen LogP contribution is -2.06. The molecule has 0 unspecified atom stereocenters. The Balaban J connectivity index is 2.20. The van der Waals surface area contributed by atoms with E-state index in [9.17, 15) is 5.11 Å². The van der Waals surface area contributed by atoms with Gasteiger partial charge in [-0.15, -0.1) is 11.3 Å². The van der Waals surface area contributed by atoms with Gasteiger partial charge in [0.05, 0.1) is 0 Å². The highest BCUT2D eigenvalue weighted by Crippen LogP contribution is 2.34. The van der Waals surface area contributed by atoms with Crippen molar-refractivity contribution >= 4 is 33.2 Å². The van der Waals surface area contributed by atoms with E-state index < -0.39 is 0 Å². The molecule has 3 heteroatoms. The van der Waals surface area contributed by atoms with Gasteiger partial charge in [0.15, 0.2) is 0 Å². The van der Waals surface area contributed by atoms with Crippen LogP contribution >= 0.6 is 23.1 Å². The maximum Gasteiger partial charge on any atom is 0.116 e. The van der Waals surface area contributed by atoms with Gasteiger partial charge in [0.25, 0.3) is 0 Å². The van der Waals surface area contributed by atoms with Crippen LogP contribution in [0.2, 0.25) is 0 Å². The highest BCUT2D eigenvalue weighted by molar-refractivity contribution is 7.99. The monoisotopic (exact) mass is 252 g/mol. The van der Waals surface area contributed by atoms with Crippen molar-refractivity contribution in [3.05, 3.63) is 29.1 Å². The van der Waals surface area contributed by atoms with E-state index in [0.717, 1.165) is 11.1 Å². The summed E-state index contributed by atoms with van der Waals surface area (Å²) in [6.07, 6.45) is 0. The number of phenolic OH excluding ortho intramolecular Hbond substituents is 1. The number of thiophene rings is 1. The summed E-state index contributed by atoms with van der Waals surface area (Å²) in [6.45, 7) is 6.70. The number of aromatic hydroxyl groups is 1. The van der Waals surface area contributed by atoms with Crippen LogP contribution in [0.25, 0.3) is 10.1 Å². The minimum Gasteiger partial charge on any atom is -0.508 e. The van der Waals surface area contributed by atoms with Crippen LogP contribution in [0.3, 0.4) is 0 Å². The zero-order valence-corrected chi connectivity index (χ0v) is 11.4. The van der Waals surface area contributed by atoms with Gasteiger partial charge >= 0.3 is 0 Å². The van der Waals surface area contributed by atoms with E-state index in [2.05, 4.69) is 26.8 Å². The van der Waals surface area contributed by atoms with Gasteiger partial charge in [-0.3, -0.25) is 0 Å². The van der Waals surface area contributed by atoms with Crippen molar-refractivity contribution in [2.24, 2.45) is 0 Å². The molecule has 0 saturated heterocycles. The molecule has 0 aliphatic carbocycles. The quantitative estimate of drug-likeness (QED) is 0.840. The van der Waals surface area contributed by atoms with Gasteiger partial charge in [0, 0.05) is 20.1 Å². The maximum absolute atomic E-state index is 9.40. The number of thioether (sulfide) groups is 1. The minimum absolute atomic E-state index is 0.304. The molecule has 1 aromatic carbocycles. The van der Waals surface area contributed by atoms with E-state index in [4.69, 9.17) is 0 Å². The van der Waals surface area contributed by atoms with E-state index in [1.165, 1.54) is 9.58 Å². The fraction of sp³-hybridized carbons (Fsp3) is 0.385. The molecule has 2 aromatic rings. The average Bonchev–Trinajstić information content (AvgIpc) is 2.55. The van der Waals surface area contributed by atoms with Crippen LogP contribution in [0.1, 0.15) is 25.6 Å². The third-order valence-electron chi connectivity index (χ3n) is 2.20. The van der Waals surface area contributed by atoms with Crippen molar-refractivity contribution in [1.29, 1.82) is 0 Å². The van der Waals surface area contributed by atoms with Crippen LogP contribution in [0.5, 0.6) is 5.75 Å². The molecule has 0 fully saturated rings. The van der Waals surface area contributed by atoms with Gasteiger partial charge in [-0.05, 0) is 29.7 Å². The van der Waals surface area contributed by atoms with Gasteiger partial charge < -0.3 is 5.11 Å².